The second-order valence-corrected chi connectivity index (χ2v) is 7.66. The fraction of sp³-hybridized carbons (Fsp3) is 0.278. The largest absolute Gasteiger partial charge is 0.492 e. The Morgan fingerprint density at radius 2 is 1.82 bits per heavy atom. The van der Waals surface area contributed by atoms with Gasteiger partial charge >= 0.3 is 5.97 Å². The molecule has 10 heteroatoms. The minimum Gasteiger partial charge on any atom is -0.492 e. The molecule has 0 amide bonds. The third-order valence-corrected chi connectivity index (χ3v) is 5.76. The van der Waals surface area contributed by atoms with Crippen LogP contribution in [0.2, 0.25) is 0 Å². The molecule has 0 atom stereocenters. The first-order valence-electron chi connectivity index (χ1n) is 8.26. The van der Waals surface area contributed by atoms with Crippen LogP contribution in [0.4, 0.5) is 5.69 Å². The van der Waals surface area contributed by atoms with Crippen LogP contribution in [0, 0.1) is 17.0 Å². The summed E-state index contributed by atoms with van der Waals surface area (Å²) in [6.07, 6.45) is 0. The molecular weight excluding hydrogens is 388 g/mol. The number of sulfonamides is 1. The number of carbonyl (C=O) groups is 1. The lowest BCUT2D eigenvalue weighted by Gasteiger charge is -2.21. The van der Waals surface area contributed by atoms with Crippen molar-refractivity contribution in [3.8, 4) is 5.75 Å². The molecule has 28 heavy (non-hydrogen) atoms. The Labute approximate surface area is 162 Å². The quantitative estimate of drug-likeness (QED) is 0.354. The van der Waals surface area contributed by atoms with Crippen LogP contribution in [-0.4, -0.2) is 50.4 Å². The first-order valence-corrected chi connectivity index (χ1v) is 9.70. The first-order chi connectivity index (χ1) is 13.3. The number of nitrogens with zero attached hydrogens (tertiary/aromatic N) is 2. The lowest BCUT2D eigenvalue weighted by molar-refractivity contribution is -0.388. The van der Waals surface area contributed by atoms with Crippen LogP contribution in [0.1, 0.15) is 5.56 Å². The van der Waals surface area contributed by atoms with E-state index in [1.54, 1.807) is 30.3 Å². The number of para-hydroxylation sites is 2. The first kappa shape index (κ1) is 21.3. The summed E-state index contributed by atoms with van der Waals surface area (Å²) >= 11 is 0. The van der Waals surface area contributed by atoms with Crippen molar-refractivity contribution in [2.45, 2.75) is 11.8 Å². The lowest BCUT2D eigenvalue weighted by atomic mass is 10.2. The molecule has 2 aromatic carbocycles. The predicted molar refractivity (Wildman–Crippen MR) is 101 cm³/mol. The van der Waals surface area contributed by atoms with Crippen molar-refractivity contribution in [3.63, 3.8) is 0 Å². The summed E-state index contributed by atoms with van der Waals surface area (Å²) in [5.41, 5.74) is -0.328. The van der Waals surface area contributed by atoms with E-state index in [-0.39, 0.29) is 18.7 Å². The number of carbonyl (C=O) groups excluding carboxylic acids is 1. The Morgan fingerprint density at radius 1 is 1.14 bits per heavy atom. The number of hydrogen-bond acceptors (Lipinski definition) is 7. The molecule has 0 saturated carbocycles. The Bertz CT molecular complexity index is 946. The summed E-state index contributed by atoms with van der Waals surface area (Å²) < 4.78 is 37.0. The van der Waals surface area contributed by atoms with E-state index in [1.165, 1.54) is 19.1 Å². The average molecular weight is 408 g/mol. The van der Waals surface area contributed by atoms with Gasteiger partial charge in [0.05, 0.1) is 12.0 Å². The smallest absolute Gasteiger partial charge is 0.321 e. The van der Waals surface area contributed by atoms with Gasteiger partial charge in [-0.3, -0.25) is 14.9 Å². The minimum absolute atomic E-state index is 0.0557. The van der Waals surface area contributed by atoms with Crippen LogP contribution in [0.3, 0.4) is 0 Å². The number of nitro benzene ring substituents is 1. The highest BCUT2D eigenvalue weighted by molar-refractivity contribution is 7.89. The van der Waals surface area contributed by atoms with Crippen molar-refractivity contribution in [1.29, 1.82) is 0 Å². The lowest BCUT2D eigenvalue weighted by Crippen LogP contribution is -2.39. The van der Waals surface area contributed by atoms with Crippen molar-refractivity contribution < 1.29 is 27.6 Å². The Kier molecular flexibility index (Phi) is 7.07. The van der Waals surface area contributed by atoms with Crippen LogP contribution in [0.15, 0.2) is 53.4 Å². The molecule has 2 rings (SSSR count). The van der Waals surface area contributed by atoms with Crippen molar-refractivity contribution in [2.24, 2.45) is 0 Å². The van der Waals surface area contributed by atoms with E-state index in [2.05, 4.69) is 4.74 Å². The van der Waals surface area contributed by atoms with E-state index >= 15 is 0 Å². The van der Waals surface area contributed by atoms with Crippen LogP contribution in [0.25, 0.3) is 0 Å². The molecule has 2 aromatic rings. The topological polar surface area (TPSA) is 116 Å². The van der Waals surface area contributed by atoms with Crippen LogP contribution >= 0.6 is 0 Å². The molecular formula is C18H20N2O7S. The second kappa shape index (κ2) is 9.29. The van der Waals surface area contributed by atoms with Gasteiger partial charge in [-0.15, -0.1) is 0 Å². The van der Waals surface area contributed by atoms with Gasteiger partial charge in [0.2, 0.25) is 0 Å². The maximum atomic E-state index is 13.1. The molecule has 0 saturated heterocycles. The molecule has 9 nitrogen and oxygen atoms in total. The number of esters is 1. The van der Waals surface area contributed by atoms with E-state index in [4.69, 9.17) is 4.74 Å². The molecule has 0 aliphatic rings. The van der Waals surface area contributed by atoms with Crippen LogP contribution in [0.5, 0.6) is 5.75 Å². The van der Waals surface area contributed by atoms with Crippen molar-refractivity contribution in [3.05, 3.63) is 64.2 Å². The Hall–Kier alpha value is -2.98. The van der Waals surface area contributed by atoms with Crippen LogP contribution in [-0.2, 0) is 19.6 Å². The van der Waals surface area contributed by atoms with Gasteiger partial charge in [-0.25, -0.2) is 8.42 Å². The van der Waals surface area contributed by atoms with Gasteiger partial charge in [-0.1, -0.05) is 30.3 Å². The normalized spacial score (nSPS) is 11.2. The SMILES string of the molecule is COC(=O)CN(CCOc1ccccc1)S(=O)(=O)c1cccc(C)c1[N+](=O)[O-]. The maximum absolute atomic E-state index is 13.1. The second-order valence-electron chi connectivity index (χ2n) is 5.76. The Morgan fingerprint density at radius 3 is 2.43 bits per heavy atom. The summed E-state index contributed by atoms with van der Waals surface area (Å²) in [6.45, 7) is 0.597. The number of rotatable bonds is 9. The number of nitro groups is 1. The molecule has 0 spiro atoms. The van der Waals surface area contributed by atoms with Gasteiger partial charge in [0.25, 0.3) is 15.7 Å². The van der Waals surface area contributed by atoms with Gasteiger partial charge in [-0.2, -0.15) is 4.31 Å². The zero-order valence-electron chi connectivity index (χ0n) is 15.4. The molecule has 0 aromatic heterocycles. The van der Waals surface area contributed by atoms with Crippen molar-refractivity contribution >= 4 is 21.7 Å². The number of ether oxygens (including phenoxy) is 2. The molecule has 0 aliphatic heterocycles. The van der Waals surface area contributed by atoms with Crippen molar-refractivity contribution in [1.82, 2.24) is 4.31 Å². The number of aryl methyl sites for hydroxylation is 1. The molecule has 0 N–H and O–H groups in total. The third-order valence-electron chi connectivity index (χ3n) is 3.89. The van der Waals surface area contributed by atoms with Gasteiger partial charge in [-0.05, 0) is 25.1 Å². The van der Waals surface area contributed by atoms with Gasteiger partial charge in [0.15, 0.2) is 4.90 Å². The van der Waals surface area contributed by atoms with Gasteiger partial charge in [0, 0.05) is 12.1 Å². The highest BCUT2D eigenvalue weighted by Crippen LogP contribution is 2.29. The molecule has 0 aliphatic carbocycles. The van der Waals surface area contributed by atoms with Gasteiger partial charge < -0.3 is 9.47 Å². The summed E-state index contributed by atoms with van der Waals surface area (Å²) in [7, 11) is -3.22. The summed E-state index contributed by atoms with van der Waals surface area (Å²) in [4.78, 5) is 21.9. The summed E-state index contributed by atoms with van der Waals surface area (Å²) in [5, 5.41) is 11.4. The molecule has 0 fully saturated rings. The summed E-state index contributed by atoms with van der Waals surface area (Å²) in [6, 6.07) is 12.7. The molecule has 150 valence electrons. The molecule has 0 bridgehead atoms. The van der Waals surface area contributed by atoms with E-state index in [0.29, 0.717) is 5.75 Å². The Balaban J connectivity index is 2.32. The fourth-order valence-electron chi connectivity index (χ4n) is 2.49. The highest BCUT2D eigenvalue weighted by Gasteiger charge is 2.34. The standard InChI is InChI=1S/C18H20N2O7S/c1-14-7-6-10-16(18(14)20(22)23)28(24,25)19(13-17(21)26-2)11-12-27-15-8-4-3-5-9-15/h3-10H,11-13H2,1-2H3. The van der Waals surface area contributed by atoms with E-state index in [0.717, 1.165) is 17.5 Å². The number of methoxy groups -OCH3 is 1. The molecule has 0 heterocycles. The molecule has 0 unspecified atom stereocenters. The number of benzene rings is 2. The van der Waals surface area contributed by atoms with E-state index in [9.17, 15) is 23.3 Å². The van der Waals surface area contributed by atoms with Crippen molar-refractivity contribution in [2.75, 3.05) is 26.8 Å². The summed E-state index contributed by atoms with van der Waals surface area (Å²) in [5.74, 6) is -0.266. The fourth-order valence-corrected chi connectivity index (χ4v) is 4.09. The van der Waals surface area contributed by atoms with Crippen LogP contribution < -0.4 is 4.74 Å². The monoisotopic (exact) mass is 408 g/mol. The van der Waals surface area contributed by atoms with E-state index < -0.39 is 38.0 Å². The van der Waals surface area contributed by atoms with E-state index in [1.807, 2.05) is 0 Å². The molecule has 0 radical (unpaired) electrons. The number of hydrogen-bond donors (Lipinski definition) is 0. The minimum atomic E-state index is -4.35. The third kappa shape index (κ3) is 5.05. The zero-order chi connectivity index (χ0) is 20.7. The maximum Gasteiger partial charge on any atom is 0.321 e. The predicted octanol–water partition coefficient (Wildman–Crippen LogP) is 2.15. The highest BCUT2D eigenvalue weighted by atomic mass is 32.2. The average Bonchev–Trinajstić information content (AvgIpc) is 2.67. The van der Waals surface area contributed by atoms with Gasteiger partial charge in [0.1, 0.15) is 18.9 Å². The zero-order valence-corrected chi connectivity index (χ0v) is 16.2.